The van der Waals surface area contributed by atoms with E-state index in [1.54, 1.807) is 6.07 Å². The van der Waals surface area contributed by atoms with Crippen molar-refractivity contribution in [2.24, 2.45) is 5.92 Å². The van der Waals surface area contributed by atoms with Crippen LogP contribution in [-0.2, 0) is 0 Å². The van der Waals surface area contributed by atoms with E-state index in [-0.39, 0.29) is 5.82 Å². The first-order valence-electron chi connectivity index (χ1n) is 4.72. The maximum atomic E-state index is 13.3. The summed E-state index contributed by atoms with van der Waals surface area (Å²) in [5.41, 5.74) is 1.84. The van der Waals surface area contributed by atoms with Crippen molar-refractivity contribution >= 4 is 5.69 Å². The molecule has 1 nitrogen and oxygen atoms in total. The summed E-state index contributed by atoms with van der Waals surface area (Å²) in [5, 5.41) is 3.12. The lowest BCUT2D eigenvalue weighted by atomic mass is 9.90. The number of hydrogen-bond donors (Lipinski definition) is 1. The Hall–Kier alpha value is -1.05. The van der Waals surface area contributed by atoms with Crippen molar-refractivity contribution in [3.05, 3.63) is 29.6 Å². The minimum absolute atomic E-state index is 0.124. The second kappa shape index (κ2) is 3.02. The van der Waals surface area contributed by atoms with Crippen LogP contribution in [0.15, 0.2) is 18.2 Å². The van der Waals surface area contributed by atoms with Crippen LogP contribution in [0.5, 0.6) is 0 Å². The van der Waals surface area contributed by atoms with Crippen molar-refractivity contribution in [2.75, 3.05) is 11.9 Å². The molecule has 2 rings (SSSR count). The van der Waals surface area contributed by atoms with Gasteiger partial charge < -0.3 is 5.32 Å². The molecule has 1 aromatic carbocycles. The summed E-state index contributed by atoms with van der Waals surface area (Å²) in [6.07, 6.45) is 0. The van der Waals surface area contributed by atoms with E-state index in [1.807, 2.05) is 6.07 Å². The number of halogens is 1. The van der Waals surface area contributed by atoms with Gasteiger partial charge in [-0.25, -0.2) is 4.39 Å². The zero-order valence-corrected chi connectivity index (χ0v) is 7.97. The van der Waals surface area contributed by atoms with Gasteiger partial charge in [-0.05, 0) is 17.5 Å². The molecule has 1 unspecified atom stereocenters. The zero-order chi connectivity index (χ0) is 9.42. The molecule has 1 N–H and O–H groups in total. The molecule has 0 radical (unpaired) electrons. The average Bonchev–Trinajstić information content (AvgIpc) is 2.48. The third-order valence-corrected chi connectivity index (χ3v) is 2.75. The Balaban J connectivity index is 2.43. The molecular formula is C11H14FN. The van der Waals surface area contributed by atoms with E-state index in [9.17, 15) is 4.39 Å². The topological polar surface area (TPSA) is 12.0 Å². The molecule has 1 atom stereocenters. The third-order valence-electron chi connectivity index (χ3n) is 2.75. The quantitative estimate of drug-likeness (QED) is 0.698. The number of hydrogen-bond acceptors (Lipinski definition) is 1. The van der Waals surface area contributed by atoms with Gasteiger partial charge in [0.25, 0.3) is 0 Å². The van der Waals surface area contributed by atoms with E-state index in [4.69, 9.17) is 0 Å². The van der Waals surface area contributed by atoms with Gasteiger partial charge in [0.1, 0.15) is 5.82 Å². The van der Waals surface area contributed by atoms with Crippen molar-refractivity contribution in [3.63, 3.8) is 0 Å². The fraction of sp³-hybridized carbons (Fsp3) is 0.455. The SMILES string of the molecule is CC(C)C1CNc2c(F)cccc21. The highest BCUT2D eigenvalue weighted by Gasteiger charge is 2.26. The van der Waals surface area contributed by atoms with Crippen molar-refractivity contribution < 1.29 is 4.39 Å². The summed E-state index contributed by atoms with van der Waals surface area (Å²) in [4.78, 5) is 0. The van der Waals surface area contributed by atoms with Crippen LogP contribution in [-0.4, -0.2) is 6.54 Å². The summed E-state index contributed by atoms with van der Waals surface area (Å²) in [5.74, 6) is 0.905. The number of rotatable bonds is 1. The smallest absolute Gasteiger partial charge is 0.146 e. The van der Waals surface area contributed by atoms with Crippen molar-refractivity contribution in [1.82, 2.24) is 0 Å². The van der Waals surface area contributed by atoms with Gasteiger partial charge in [-0.15, -0.1) is 0 Å². The molecule has 0 saturated heterocycles. The van der Waals surface area contributed by atoms with Gasteiger partial charge in [0.15, 0.2) is 0 Å². The van der Waals surface area contributed by atoms with Gasteiger partial charge in [-0.3, -0.25) is 0 Å². The Morgan fingerprint density at radius 1 is 1.46 bits per heavy atom. The Morgan fingerprint density at radius 3 is 2.92 bits per heavy atom. The van der Waals surface area contributed by atoms with Crippen molar-refractivity contribution in [3.8, 4) is 0 Å². The highest BCUT2D eigenvalue weighted by Crippen LogP contribution is 2.37. The molecule has 1 heterocycles. The Bertz CT molecular complexity index is 320. The summed E-state index contributed by atoms with van der Waals surface area (Å²) in [6.45, 7) is 5.21. The predicted molar refractivity (Wildman–Crippen MR) is 52.5 cm³/mol. The van der Waals surface area contributed by atoms with Gasteiger partial charge >= 0.3 is 0 Å². The van der Waals surface area contributed by atoms with Crippen LogP contribution < -0.4 is 5.32 Å². The van der Waals surface area contributed by atoms with E-state index >= 15 is 0 Å². The highest BCUT2D eigenvalue weighted by molar-refractivity contribution is 5.58. The summed E-state index contributed by atoms with van der Waals surface area (Å²) in [7, 11) is 0. The second-order valence-electron chi connectivity index (χ2n) is 3.94. The van der Waals surface area contributed by atoms with E-state index in [0.717, 1.165) is 12.1 Å². The number of para-hydroxylation sites is 1. The summed E-state index contributed by atoms with van der Waals surface area (Å²) >= 11 is 0. The van der Waals surface area contributed by atoms with Crippen LogP contribution in [0, 0.1) is 11.7 Å². The number of benzene rings is 1. The molecule has 1 aromatic rings. The Labute approximate surface area is 78.0 Å². The molecule has 70 valence electrons. The summed E-state index contributed by atoms with van der Waals surface area (Å²) in [6, 6.07) is 5.31. The van der Waals surface area contributed by atoms with Crippen LogP contribution in [0.25, 0.3) is 0 Å². The van der Waals surface area contributed by atoms with E-state index in [0.29, 0.717) is 17.5 Å². The minimum Gasteiger partial charge on any atom is -0.382 e. The van der Waals surface area contributed by atoms with Crippen LogP contribution in [0.2, 0.25) is 0 Å². The van der Waals surface area contributed by atoms with Crippen LogP contribution in [0.4, 0.5) is 10.1 Å². The van der Waals surface area contributed by atoms with E-state index < -0.39 is 0 Å². The van der Waals surface area contributed by atoms with Crippen LogP contribution >= 0.6 is 0 Å². The lowest BCUT2D eigenvalue weighted by molar-refractivity contribution is 0.533. The molecule has 1 aliphatic heterocycles. The molecule has 0 fully saturated rings. The Morgan fingerprint density at radius 2 is 2.23 bits per heavy atom. The first kappa shape index (κ1) is 8.54. The van der Waals surface area contributed by atoms with Gasteiger partial charge in [0, 0.05) is 12.5 Å². The van der Waals surface area contributed by atoms with Crippen molar-refractivity contribution in [1.29, 1.82) is 0 Å². The number of nitrogens with one attached hydrogen (secondary N) is 1. The molecule has 0 amide bonds. The maximum Gasteiger partial charge on any atom is 0.146 e. The molecular weight excluding hydrogens is 165 g/mol. The molecule has 0 aromatic heterocycles. The fourth-order valence-corrected chi connectivity index (χ4v) is 1.95. The van der Waals surface area contributed by atoms with E-state index in [1.165, 1.54) is 6.07 Å². The molecule has 0 saturated carbocycles. The number of fused-ring (bicyclic) bond motifs is 1. The van der Waals surface area contributed by atoms with Crippen molar-refractivity contribution in [2.45, 2.75) is 19.8 Å². The normalized spacial score (nSPS) is 20.2. The fourth-order valence-electron chi connectivity index (χ4n) is 1.95. The largest absolute Gasteiger partial charge is 0.382 e. The first-order chi connectivity index (χ1) is 6.20. The highest BCUT2D eigenvalue weighted by atomic mass is 19.1. The molecule has 0 bridgehead atoms. The minimum atomic E-state index is -0.124. The molecule has 0 aliphatic carbocycles. The zero-order valence-electron chi connectivity index (χ0n) is 7.97. The van der Waals surface area contributed by atoms with Gasteiger partial charge in [-0.1, -0.05) is 26.0 Å². The maximum absolute atomic E-state index is 13.3. The van der Waals surface area contributed by atoms with Crippen LogP contribution in [0.1, 0.15) is 25.3 Å². The molecule has 13 heavy (non-hydrogen) atoms. The monoisotopic (exact) mass is 179 g/mol. The lowest BCUT2D eigenvalue weighted by Crippen LogP contribution is -2.08. The third kappa shape index (κ3) is 1.30. The standard InChI is InChI=1S/C11H14FN/c1-7(2)9-6-13-11-8(9)4-3-5-10(11)12/h3-5,7,9,13H,6H2,1-2H3. The van der Waals surface area contributed by atoms with E-state index in [2.05, 4.69) is 19.2 Å². The van der Waals surface area contributed by atoms with Gasteiger partial charge in [0.05, 0.1) is 5.69 Å². The average molecular weight is 179 g/mol. The lowest BCUT2D eigenvalue weighted by Gasteiger charge is -2.13. The predicted octanol–water partition coefficient (Wildman–Crippen LogP) is 2.99. The molecule has 1 aliphatic rings. The molecule has 0 spiro atoms. The molecule has 2 heteroatoms. The van der Waals surface area contributed by atoms with Crippen LogP contribution in [0.3, 0.4) is 0 Å². The van der Waals surface area contributed by atoms with Gasteiger partial charge in [-0.2, -0.15) is 0 Å². The van der Waals surface area contributed by atoms with Gasteiger partial charge in [0.2, 0.25) is 0 Å². The summed E-state index contributed by atoms with van der Waals surface area (Å²) < 4.78 is 13.3. The Kier molecular flexibility index (Phi) is 1.98. The number of anilines is 1. The first-order valence-corrected chi connectivity index (χ1v) is 4.72. The second-order valence-corrected chi connectivity index (χ2v) is 3.94.